The van der Waals surface area contributed by atoms with Gasteiger partial charge in [0.15, 0.2) is 16.3 Å². The van der Waals surface area contributed by atoms with Crippen LogP contribution in [0.25, 0.3) is 21.5 Å². The molecule has 2 aromatic carbocycles. The fraction of sp³-hybridized carbons (Fsp3) is 0.316. The summed E-state index contributed by atoms with van der Waals surface area (Å²) in [6.07, 6.45) is 2.16. The Bertz CT molecular complexity index is 1280. The molecule has 28 heavy (non-hydrogen) atoms. The summed E-state index contributed by atoms with van der Waals surface area (Å²) in [5, 5.41) is 8.19. The van der Waals surface area contributed by atoms with Crippen molar-refractivity contribution >= 4 is 27.6 Å². The number of rotatable bonds is 3. The maximum atomic E-state index is 12.8. The molecular formula is C19H20N4O5. The van der Waals surface area contributed by atoms with Crippen LogP contribution in [0.3, 0.4) is 0 Å². The zero-order valence-electron chi connectivity index (χ0n) is 15.7. The van der Waals surface area contributed by atoms with E-state index in [9.17, 15) is 19.2 Å². The average Bonchev–Trinajstić information content (AvgIpc) is 2.62. The number of carbonyl (C=O) groups is 1. The third-order valence-electron chi connectivity index (χ3n) is 3.96. The van der Waals surface area contributed by atoms with Crippen LogP contribution in [0, 0.1) is 0 Å². The minimum Gasteiger partial charge on any atom is -0.444 e. The molecule has 0 saturated carbocycles. The topological polar surface area (TPSA) is 133 Å². The zero-order valence-corrected chi connectivity index (χ0v) is 15.7. The molecule has 0 aliphatic carbocycles. The molecule has 0 fully saturated rings. The van der Waals surface area contributed by atoms with Crippen molar-refractivity contribution in [2.24, 2.45) is 4.99 Å². The summed E-state index contributed by atoms with van der Waals surface area (Å²) in [4.78, 5) is 53.7. The summed E-state index contributed by atoms with van der Waals surface area (Å²) in [7, 11) is 0. The Morgan fingerprint density at radius 2 is 1.64 bits per heavy atom. The van der Waals surface area contributed by atoms with Gasteiger partial charge in [-0.25, -0.2) is 4.79 Å². The number of carbonyl (C=O) groups excluding carboxylic acids is 1. The van der Waals surface area contributed by atoms with Crippen molar-refractivity contribution in [3.63, 3.8) is 0 Å². The quantitative estimate of drug-likeness (QED) is 0.449. The predicted octanol–water partition coefficient (Wildman–Crippen LogP) is 0.593. The molecule has 0 aliphatic heterocycles. The van der Waals surface area contributed by atoms with E-state index in [0.717, 1.165) is 0 Å². The number of ether oxygens (including phenoxy) is 1. The molecule has 9 nitrogen and oxygen atoms in total. The van der Waals surface area contributed by atoms with Gasteiger partial charge in [-0.1, -0.05) is 0 Å². The van der Waals surface area contributed by atoms with Gasteiger partial charge >= 0.3 is 6.09 Å². The average molecular weight is 384 g/mol. The second kappa shape index (κ2) is 7.26. The number of hydrogen-bond acceptors (Lipinski definition) is 6. The number of nitrogens with one attached hydrogen (secondary N) is 3. The molecular weight excluding hydrogens is 364 g/mol. The lowest BCUT2D eigenvalue weighted by Crippen LogP contribution is -2.34. The summed E-state index contributed by atoms with van der Waals surface area (Å²) < 4.78 is 5.13. The van der Waals surface area contributed by atoms with E-state index in [1.165, 1.54) is 24.5 Å². The summed E-state index contributed by atoms with van der Waals surface area (Å²) in [6, 6.07) is 2.62. The van der Waals surface area contributed by atoms with Crippen LogP contribution in [0.2, 0.25) is 0 Å². The third-order valence-corrected chi connectivity index (χ3v) is 3.96. The molecule has 0 spiro atoms. The second-order valence-corrected chi connectivity index (χ2v) is 7.21. The van der Waals surface area contributed by atoms with Crippen molar-refractivity contribution in [1.82, 2.24) is 15.5 Å². The van der Waals surface area contributed by atoms with Crippen LogP contribution < -0.4 is 27.0 Å². The fourth-order valence-corrected chi connectivity index (χ4v) is 2.84. The maximum Gasteiger partial charge on any atom is 0.407 e. The fourth-order valence-electron chi connectivity index (χ4n) is 2.84. The van der Waals surface area contributed by atoms with Crippen LogP contribution in [-0.2, 0) is 4.74 Å². The standard InChI is InChI=1S/C19H20N4O5/c1-19(2,3)28-18(27)21-7-6-20-12-4-5-13(24)15-14(12)16(25)10-8-22-23-9-11(10)17(15)26/h4-5,8-9,22-23H,6-7H2,1-3H3,(H,21,27). The van der Waals surface area contributed by atoms with E-state index in [1.54, 1.807) is 20.8 Å². The highest BCUT2D eigenvalue weighted by Crippen LogP contribution is 2.06. The lowest BCUT2D eigenvalue weighted by molar-refractivity contribution is 0.0529. The Morgan fingerprint density at radius 1 is 1.04 bits per heavy atom. The lowest BCUT2D eigenvalue weighted by atomic mass is 10.0. The molecule has 0 atom stereocenters. The van der Waals surface area contributed by atoms with Crippen LogP contribution in [0.1, 0.15) is 20.8 Å². The van der Waals surface area contributed by atoms with Crippen molar-refractivity contribution in [3.05, 3.63) is 60.6 Å². The molecule has 3 aromatic rings. The first-order valence-electron chi connectivity index (χ1n) is 8.68. The molecule has 9 heteroatoms. The molecule has 0 radical (unpaired) electrons. The van der Waals surface area contributed by atoms with Crippen molar-refractivity contribution in [3.8, 4) is 0 Å². The van der Waals surface area contributed by atoms with Crippen molar-refractivity contribution in [2.45, 2.75) is 26.4 Å². The molecule has 0 saturated heterocycles. The number of amides is 1. The van der Waals surface area contributed by atoms with Crippen LogP contribution in [0.4, 0.5) is 4.79 Å². The van der Waals surface area contributed by atoms with Gasteiger partial charge in [0.1, 0.15) is 5.60 Å². The van der Waals surface area contributed by atoms with E-state index in [2.05, 4.69) is 20.5 Å². The Morgan fingerprint density at radius 3 is 2.25 bits per heavy atom. The van der Waals surface area contributed by atoms with Crippen molar-refractivity contribution in [2.75, 3.05) is 13.1 Å². The monoisotopic (exact) mass is 384 g/mol. The van der Waals surface area contributed by atoms with E-state index >= 15 is 0 Å². The molecule has 0 bridgehead atoms. The highest BCUT2D eigenvalue weighted by molar-refractivity contribution is 5.96. The molecule has 3 N–H and O–H groups in total. The smallest absolute Gasteiger partial charge is 0.407 e. The van der Waals surface area contributed by atoms with Gasteiger partial charge in [-0.2, -0.15) is 0 Å². The summed E-state index contributed by atoms with van der Waals surface area (Å²) >= 11 is 0. The van der Waals surface area contributed by atoms with Gasteiger partial charge in [0.2, 0.25) is 0 Å². The van der Waals surface area contributed by atoms with Gasteiger partial charge in [-0.15, -0.1) is 0 Å². The number of aromatic amines is 2. The molecule has 146 valence electrons. The van der Waals surface area contributed by atoms with Gasteiger partial charge in [0.25, 0.3) is 0 Å². The molecule has 0 unspecified atom stereocenters. The summed E-state index contributed by atoms with van der Waals surface area (Å²) in [5.74, 6) is 0. The molecule has 3 rings (SSSR count). The SMILES string of the molecule is CC(C)(C)OC(=O)NCCN=c1ccc(=O)c2c(=O)c3c[nH][nH]cc3c(=O)c12. The van der Waals surface area contributed by atoms with E-state index in [0.29, 0.717) is 0 Å². The minimum atomic E-state index is -0.612. The number of benzene rings is 2. The van der Waals surface area contributed by atoms with Gasteiger partial charge in [-0.3, -0.25) is 19.4 Å². The number of H-pyrrole nitrogens is 2. The Hall–Kier alpha value is -3.49. The number of alkyl carbamates (subject to hydrolysis) is 1. The van der Waals surface area contributed by atoms with Crippen LogP contribution in [0.15, 0.2) is 43.9 Å². The summed E-state index contributed by atoms with van der Waals surface area (Å²) in [5.41, 5.74) is -2.12. The highest BCUT2D eigenvalue weighted by Gasteiger charge is 2.16. The van der Waals surface area contributed by atoms with Gasteiger partial charge in [0.05, 0.1) is 33.4 Å². The minimum absolute atomic E-state index is 0.0122. The number of nitrogens with zero attached hydrogens (tertiary/aromatic N) is 1. The van der Waals surface area contributed by atoms with Gasteiger partial charge < -0.3 is 20.3 Å². The first-order chi connectivity index (χ1) is 13.2. The normalized spacial score (nSPS) is 12.5. The Balaban J connectivity index is 2.01. The largest absolute Gasteiger partial charge is 0.444 e. The van der Waals surface area contributed by atoms with Crippen LogP contribution in [-0.4, -0.2) is 35.0 Å². The molecule has 1 heterocycles. The zero-order chi connectivity index (χ0) is 20.5. The first-order valence-corrected chi connectivity index (χ1v) is 8.68. The van der Waals surface area contributed by atoms with Gasteiger partial charge in [-0.05, 0) is 32.9 Å². The Kier molecular flexibility index (Phi) is 5.00. The predicted molar refractivity (Wildman–Crippen MR) is 105 cm³/mol. The van der Waals surface area contributed by atoms with Crippen LogP contribution in [0.5, 0.6) is 0 Å². The van der Waals surface area contributed by atoms with Crippen LogP contribution >= 0.6 is 0 Å². The number of hydrogen-bond donors (Lipinski definition) is 3. The molecule has 1 aromatic heterocycles. The maximum absolute atomic E-state index is 12.8. The second-order valence-electron chi connectivity index (χ2n) is 7.21. The van der Waals surface area contributed by atoms with Crippen molar-refractivity contribution in [1.29, 1.82) is 0 Å². The van der Waals surface area contributed by atoms with E-state index in [1.807, 2.05) is 0 Å². The number of aromatic nitrogens is 2. The highest BCUT2D eigenvalue weighted by atomic mass is 16.6. The summed E-state index contributed by atoms with van der Waals surface area (Å²) in [6.45, 7) is 5.58. The number of fused-ring (bicyclic) bond motifs is 2. The van der Waals surface area contributed by atoms with E-state index in [4.69, 9.17) is 4.74 Å². The van der Waals surface area contributed by atoms with Gasteiger partial charge in [0, 0.05) is 18.9 Å². The third kappa shape index (κ3) is 3.78. The van der Waals surface area contributed by atoms with E-state index < -0.39 is 28.0 Å². The molecule has 0 aliphatic rings. The lowest BCUT2D eigenvalue weighted by Gasteiger charge is -2.19. The van der Waals surface area contributed by atoms with Crippen molar-refractivity contribution < 1.29 is 9.53 Å². The Labute approximate surface area is 158 Å². The van der Waals surface area contributed by atoms with E-state index in [-0.39, 0.29) is 40.0 Å². The first kappa shape index (κ1) is 19.3. The molecule has 1 amide bonds.